The molecule has 0 bridgehead atoms. The summed E-state index contributed by atoms with van der Waals surface area (Å²) in [5.41, 5.74) is 2.21. The van der Waals surface area contributed by atoms with E-state index in [0.717, 1.165) is 18.4 Å². The van der Waals surface area contributed by atoms with Crippen LogP contribution in [0.1, 0.15) is 58.6 Å². The highest BCUT2D eigenvalue weighted by atomic mass is 16.6. The normalized spacial score (nSPS) is 21.3. The number of ether oxygens (including phenoxy) is 1. The lowest BCUT2D eigenvalue weighted by molar-refractivity contribution is -0.130. The number of rotatable bonds is 6. The van der Waals surface area contributed by atoms with Crippen molar-refractivity contribution in [2.45, 2.75) is 59.1 Å². The van der Waals surface area contributed by atoms with Crippen molar-refractivity contribution in [1.82, 2.24) is 4.90 Å². The maximum absolute atomic E-state index is 12.6. The molecule has 4 heteroatoms. The lowest BCUT2D eigenvalue weighted by atomic mass is 9.99. The van der Waals surface area contributed by atoms with Gasteiger partial charge in [0.25, 0.3) is 0 Å². The second-order valence-corrected chi connectivity index (χ2v) is 6.89. The Bertz CT molecular complexity index is 605. The Labute approximate surface area is 144 Å². The third kappa shape index (κ3) is 4.47. The summed E-state index contributed by atoms with van der Waals surface area (Å²) in [6.07, 6.45) is 3.54. The molecule has 3 atom stereocenters. The van der Waals surface area contributed by atoms with E-state index in [4.69, 9.17) is 4.74 Å². The number of allylic oxidation sites excluding steroid dienone is 2. The minimum absolute atomic E-state index is 0.143. The van der Waals surface area contributed by atoms with Crippen LogP contribution in [0.2, 0.25) is 0 Å². The zero-order valence-electron chi connectivity index (χ0n) is 15.0. The van der Waals surface area contributed by atoms with E-state index >= 15 is 0 Å². The minimum Gasteiger partial charge on any atom is -0.439 e. The van der Waals surface area contributed by atoms with E-state index < -0.39 is 6.09 Å². The van der Waals surface area contributed by atoms with Gasteiger partial charge in [-0.05, 0) is 45.1 Å². The van der Waals surface area contributed by atoms with Gasteiger partial charge in [-0.1, -0.05) is 48.9 Å². The molecule has 0 saturated carbocycles. The molecule has 1 unspecified atom stereocenters. The fraction of sp³-hybridized carbons (Fsp3) is 0.500. The molecule has 1 aromatic carbocycles. The minimum atomic E-state index is -0.530. The number of amides is 2. The molecule has 1 aromatic rings. The number of imide groups is 1. The van der Waals surface area contributed by atoms with Crippen LogP contribution < -0.4 is 0 Å². The van der Waals surface area contributed by atoms with Gasteiger partial charge in [0, 0.05) is 6.42 Å². The van der Waals surface area contributed by atoms with Crippen LogP contribution in [-0.4, -0.2) is 22.9 Å². The van der Waals surface area contributed by atoms with Crippen LogP contribution >= 0.6 is 0 Å². The molecule has 1 fully saturated rings. The van der Waals surface area contributed by atoms with Crippen molar-refractivity contribution < 1.29 is 14.3 Å². The Morgan fingerprint density at radius 2 is 1.96 bits per heavy atom. The molecule has 0 aromatic heterocycles. The Morgan fingerprint density at radius 1 is 1.29 bits per heavy atom. The summed E-state index contributed by atoms with van der Waals surface area (Å²) in [5.74, 6) is 0.0968. The Kier molecular flexibility index (Phi) is 6.18. The van der Waals surface area contributed by atoms with Gasteiger partial charge in [0.05, 0.1) is 6.04 Å². The van der Waals surface area contributed by atoms with E-state index in [0.29, 0.717) is 6.42 Å². The molecule has 0 spiro atoms. The van der Waals surface area contributed by atoms with Crippen molar-refractivity contribution in [3.8, 4) is 0 Å². The third-order valence-corrected chi connectivity index (χ3v) is 4.40. The van der Waals surface area contributed by atoms with Gasteiger partial charge >= 0.3 is 6.09 Å². The van der Waals surface area contributed by atoms with E-state index in [1.807, 2.05) is 37.3 Å². The van der Waals surface area contributed by atoms with Gasteiger partial charge in [0.1, 0.15) is 6.10 Å². The van der Waals surface area contributed by atoms with E-state index in [-0.39, 0.29) is 24.0 Å². The predicted molar refractivity (Wildman–Crippen MR) is 94.4 cm³/mol. The maximum atomic E-state index is 12.6. The lowest BCUT2D eigenvalue weighted by Gasteiger charge is -2.21. The van der Waals surface area contributed by atoms with Crippen molar-refractivity contribution in [3.63, 3.8) is 0 Å². The first kappa shape index (κ1) is 18.2. The first-order valence-corrected chi connectivity index (χ1v) is 8.61. The summed E-state index contributed by atoms with van der Waals surface area (Å²) in [4.78, 5) is 26.0. The monoisotopic (exact) mass is 329 g/mol. The Hall–Kier alpha value is -2.10. The second-order valence-electron chi connectivity index (χ2n) is 6.89. The summed E-state index contributed by atoms with van der Waals surface area (Å²) in [6.45, 7) is 8.06. The maximum Gasteiger partial charge on any atom is 0.417 e. The molecule has 1 aliphatic rings. The molecule has 1 aliphatic heterocycles. The van der Waals surface area contributed by atoms with Crippen molar-refractivity contribution >= 4 is 12.0 Å². The molecule has 1 saturated heterocycles. The van der Waals surface area contributed by atoms with Gasteiger partial charge in [-0.3, -0.25) is 4.79 Å². The fourth-order valence-corrected chi connectivity index (χ4v) is 3.04. The Balaban J connectivity index is 1.97. The molecule has 0 radical (unpaired) electrons. The first-order valence-electron chi connectivity index (χ1n) is 8.61. The van der Waals surface area contributed by atoms with Gasteiger partial charge in [0.15, 0.2) is 0 Å². The molecule has 1 heterocycles. The second kappa shape index (κ2) is 8.13. The number of nitrogens with zero attached hydrogens (tertiary/aromatic N) is 1. The molecule has 0 aliphatic carbocycles. The number of carbonyl (C=O) groups excluding carboxylic acids is 2. The average Bonchev–Trinajstić information content (AvgIpc) is 2.82. The summed E-state index contributed by atoms with van der Waals surface area (Å²) in [7, 11) is 0. The summed E-state index contributed by atoms with van der Waals surface area (Å²) in [5, 5.41) is 0. The van der Waals surface area contributed by atoms with Gasteiger partial charge in [-0.2, -0.15) is 0 Å². The van der Waals surface area contributed by atoms with E-state index in [2.05, 4.69) is 26.8 Å². The van der Waals surface area contributed by atoms with E-state index in [9.17, 15) is 9.59 Å². The lowest BCUT2D eigenvalue weighted by Crippen LogP contribution is -2.38. The molecule has 4 nitrogen and oxygen atoms in total. The zero-order valence-corrected chi connectivity index (χ0v) is 15.0. The van der Waals surface area contributed by atoms with Gasteiger partial charge in [0.2, 0.25) is 5.91 Å². The van der Waals surface area contributed by atoms with Crippen molar-refractivity contribution in [2.75, 3.05) is 0 Å². The van der Waals surface area contributed by atoms with Gasteiger partial charge in [-0.15, -0.1) is 0 Å². The van der Waals surface area contributed by atoms with Crippen LogP contribution in [0.5, 0.6) is 0 Å². The number of hydrogen-bond acceptors (Lipinski definition) is 3. The Morgan fingerprint density at radius 3 is 2.58 bits per heavy atom. The standard InChI is InChI=1S/C20H27NO3/c1-14(2)9-8-10-15(3)13-18(22)21-16(4)19(24-20(21)23)17-11-6-5-7-12-17/h5-7,9,11-12,15-16,19H,8,10,13H2,1-4H3/t15?,16-,19-/m1/s1. The van der Waals surface area contributed by atoms with Crippen LogP contribution in [0.25, 0.3) is 0 Å². The van der Waals surface area contributed by atoms with Crippen molar-refractivity contribution in [2.24, 2.45) is 5.92 Å². The number of carbonyl (C=O) groups is 2. The smallest absolute Gasteiger partial charge is 0.417 e. The van der Waals surface area contributed by atoms with Crippen LogP contribution in [0.15, 0.2) is 42.0 Å². The molecule has 0 N–H and O–H groups in total. The fourth-order valence-electron chi connectivity index (χ4n) is 3.04. The third-order valence-electron chi connectivity index (χ3n) is 4.40. The van der Waals surface area contributed by atoms with Gasteiger partial charge < -0.3 is 4.74 Å². The van der Waals surface area contributed by atoms with Crippen molar-refractivity contribution in [1.29, 1.82) is 0 Å². The highest BCUT2D eigenvalue weighted by Gasteiger charge is 2.43. The van der Waals surface area contributed by atoms with Crippen LogP contribution in [0.3, 0.4) is 0 Å². The molecular formula is C20H27NO3. The molecular weight excluding hydrogens is 302 g/mol. The summed E-state index contributed by atoms with van der Waals surface area (Å²) in [6, 6.07) is 9.30. The van der Waals surface area contributed by atoms with E-state index in [1.165, 1.54) is 10.5 Å². The molecule has 2 amide bonds. The molecule has 24 heavy (non-hydrogen) atoms. The largest absolute Gasteiger partial charge is 0.439 e. The highest BCUT2D eigenvalue weighted by Crippen LogP contribution is 2.33. The van der Waals surface area contributed by atoms with Crippen LogP contribution in [0, 0.1) is 5.92 Å². The highest BCUT2D eigenvalue weighted by molar-refractivity contribution is 5.93. The summed E-state index contributed by atoms with van der Waals surface area (Å²) < 4.78 is 5.44. The van der Waals surface area contributed by atoms with Crippen LogP contribution in [0.4, 0.5) is 4.79 Å². The average molecular weight is 329 g/mol. The topological polar surface area (TPSA) is 46.6 Å². The molecule has 130 valence electrons. The van der Waals surface area contributed by atoms with Crippen molar-refractivity contribution in [3.05, 3.63) is 47.5 Å². The molecule has 2 rings (SSSR count). The predicted octanol–water partition coefficient (Wildman–Crippen LogP) is 4.87. The van der Waals surface area contributed by atoms with Crippen LogP contribution in [-0.2, 0) is 9.53 Å². The quantitative estimate of drug-likeness (QED) is 0.700. The van der Waals surface area contributed by atoms with E-state index in [1.54, 1.807) is 0 Å². The summed E-state index contributed by atoms with van der Waals surface area (Å²) >= 11 is 0. The van der Waals surface area contributed by atoms with Gasteiger partial charge in [-0.25, -0.2) is 9.69 Å². The number of benzene rings is 1. The zero-order chi connectivity index (χ0) is 17.7. The number of cyclic esters (lactones) is 1. The number of hydrogen-bond donors (Lipinski definition) is 0. The first-order chi connectivity index (χ1) is 11.4. The SMILES string of the molecule is CC(C)=CCCC(C)CC(=O)N1C(=O)O[C@@H](c2ccccc2)[C@H]1C.